The molecule has 0 amide bonds. The van der Waals surface area contributed by atoms with E-state index in [4.69, 9.17) is 4.74 Å². The normalized spacial score (nSPS) is 23.6. The molecule has 2 aromatic rings. The van der Waals surface area contributed by atoms with Gasteiger partial charge in [0, 0.05) is 43.5 Å². The third-order valence-corrected chi connectivity index (χ3v) is 5.02. The van der Waals surface area contributed by atoms with Crippen LogP contribution in [0.5, 0.6) is 5.75 Å². The number of rotatable bonds is 5. The predicted octanol–water partition coefficient (Wildman–Crippen LogP) is 2.60. The Balaban J connectivity index is 1.38. The highest BCUT2D eigenvalue weighted by atomic mass is 16.5. The number of ether oxygens (including phenoxy) is 1. The van der Waals surface area contributed by atoms with Gasteiger partial charge in [-0.25, -0.2) is 0 Å². The largest absolute Gasteiger partial charge is 0.490 e. The summed E-state index contributed by atoms with van der Waals surface area (Å²) in [6.45, 7) is 3.90. The lowest BCUT2D eigenvalue weighted by Crippen LogP contribution is -2.28. The van der Waals surface area contributed by atoms with Crippen LogP contribution in [-0.2, 0) is 0 Å². The predicted molar refractivity (Wildman–Crippen MR) is 94.6 cm³/mol. The van der Waals surface area contributed by atoms with Crippen LogP contribution in [0.2, 0.25) is 0 Å². The molecule has 5 nitrogen and oxygen atoms in total. The van der Waals surface area contributed by atoms with Gasteiger partial charge in [0.15, 0.2) is 0 Å². The smallest absolute Gasteiger partial charge is 0.139 e. The molecule has 1 N–H and O–H groups in total. The maximum absolute atomic E-state index is 5.94. The van der Waals surface area contributed by atoms with E-state index in [0.29, 0.717) is 12.0 Å². The first kappa shape index (κ1) is 15.4. The lowest BCUT2D eigenvalue weighted by Gasteiger charge is -2.19. The molecule has 2 aliphatic rings. The quantitative estimate of drug-likeness (QED) is 0.916. The van der Waals surface area contributed by atoms with E-state index >= 15 is 0 Å². The molecule has 2 aromatic heterocycles. The number of pyridine rings is 2. The number of hydrogen-bond donors (Lipinski definition) is 1. The van der Waals surface area contributed by atoms with Crippen molar-refractivity contribution in [1.29, 1.82) is 0 Å². The van der Waals surface area contributed by atoms with Crippen LogP contribution in [0.15, 0.2) is 43.0 Å². The molecule has 126 valence electrons. The summed E-state index contributed by atoms with van der Waals surface area (Å²) in [5, 5.41) is 3.46. The van der Waals surface area contributed by atoms with Crippen molar-refractivity contribution < 1.29 is 4.74 Å². The molecule has 4 rings (SSSR count). The van der Waals surface area contributed by atoms with Gasteiger partial charge in [0.2, 0.25) is 0 Å². The minimum atomic E-state index is 0.482. The average Bonchev–Trinajstić information content (AvgIpc) is 3.33. The lowest BCUT2D eigenvalue weighted by molar-refractivity contribution is 0.276. The van der Waals surface area contributed by atoms with Gasteiger partial charge in [0.25, 0.3) is 0 Å². The Morgan fingerprint density at radius 1 is 1.21 bits per heavy atom. The standard InChI is InChI=1S/C19H24N4O/c1-3-15(10-20-6-1)16-5-8-23(13-16)18-9-19(12-21-11-18)24-14-17-4-2-7-22-17/h1,3,6,9-12,16-17,22H,2,4-5,7-8,13-14H2/t16?,17-/m0/s1. The van der Waals surface area contributed by atoms with Gasteiger partial charge in [-0.05, 0) is 37.4 Å². The van der Waals surface area contributed by atoms with Crippen LogP contribution in [0.3, 0.4) is 0 Å². The van der Waals surface area contributed by atoms with Crippen LogP contribution in [0.4, 0.5) is 5.69 Å². The van der Waals surface area contributed by atoms with Gasteiger partial charge in [-0.2, -0.15) is 0 Å². The summed E-state index contributed by atoms with van der Waals surface area (Å²) in [5.41, 5.74) is 2.48. The zero-order chi connectivity index (χ0) is 16.2. The number of hydrogen-bond acceptors (Lipinski definition) is 5. The molecule has 0 saturated carbocycles. The van der Waals surface area contributed by atoms with E-state index in [1.807, 2.05) is 30.9 Å². The molecule has 0 bridgehead atoms. The Morgan fingerprint density at radius 3 is 3.04 bits per heavy atom. The SMILES string of the molecule is c1cncc(C2CCN(c3cncc(OC[C@@H]4CCCN4)c3)C2)c1. The maximum Gasteiger partial charge on any atom is 0.139 e. The highest BCUT2D eigenvalue weighted by Gasteiger charge is 2.24. The molecule has 2 fully saturated rings. The molecule has 2 saturated heterocycles. The average molecular weight is 324 g/mol. The molecular weight excluding hydrogens is 300 g/mol. The van der Waals surface area contributed by atoms with Crippen molar-refractivity contribution in [2.45, 2.75) is 31.2 Å². The van der Waals surface area contributed by atoms with Crippen LogP contribution in [-0.4, -0.2) is 42.3 Å². The van der Waals surface area contributed by atoms with E-state index in [-0.39, 0.29) is 0 Å². The summed E-state index contributed by atoms with van der Waals surface area (Å²) in [4.78, 5) is 11.0. The van der Waals surface area contributed by atoms with Crippen LogP contribution in [0.25, 0.3) is 0 Å². The van der Waals surface area contributed by atoms with Crippen molar-refractivity contribution in [3.05, 3.63) is 48.5 Å². The van der Waals surface area contributed by atoms with Gasteiger partial charge in [-0.3, -0.25) is 9.97 Å². The third kappa shape index (κ3) is 3.51. The second-order valence-electron chi connectivity index (χ2n) is 6.70. The van der Waals surface area contributed by atoms with Gasteiger partial charge in [-0.1, -0.05) is 6.07 Å². The van der Waals surface area contributed by atoms with Crippen molar-refractivity contribution in [1.82, 2.24) is 15.3 Å². The zero-order valence-corrected chi connectivity index (χ0v) is 13.9. The third-order valence-electron chi connectivity index (χ3n) is 5.02. The summed E-state index contributed by atoms with van der Waals surface area (Å²) in [6.07, 6.45) is 11.2. The summed E-state index contributed by atoms with van der Waals surface area (Å²) >= 11 is 0. The Bertz CT molecular complexity index is 657. The van der Waals surface area contributed by atoms with Gasteiger partial charge in [0.05, 0.1) is 18.1 Å². The summed E-state index contributed by atoms with van der Waals surface area (Å²) < 4.78 is 5.94. The number of aromatic nitrogens is 2. The zero-order valence-electron chi connectivity index (χ0n) is 13.9. The van der Waals surface area contributed by atoms with Crippen LogP contribution in [0, 0.1) is 0 Å². The van der Waals surface area contributed by atoms with Crippen molar-refractivity contribution in [2.75, 3.05) is 31.1 Å². The molecule has 2 aliphatic heterocycles. The van der Waals surface area contributed by atoms with E-state index in [1.165, 1.54) is 18.4 Å². The second-order valence-corrected chi connectivity index (χ2v) is 6.70. The highest BCUT2D eigenvalue weighted by molar-refractivity contribution is 5.49. The molecule has 24 heavy (non-hydrogen) atoms. The first-order chi connectivity index (χ1) is 11.9. The maximum atomic E-state index is 5.94. The Labute approximate surface area is 143 Å². The Morgan fingerprint density at radius 2 is 2.21 bits per heavy atom. The van der Waals surface area contributed by atoms with E-state index in [2.05, 4.69) is 32.3 Å². The fourth-order valence-electron chi connectivity index (χ4n) is 3.64. The minimum Gasteiger partial charge on any atom is -0.490 e. The monoisotopic (exact) mass is 324 g/mol. The van der Waals surface area contributed by atoms with Crippen molar-refractivity contribution >= 4 is 5.69 Å². The summed E-state index contributed by atoms with van der Waals surface area (Å²) in [6, 6.07) is 6.79. The summed E-state index contributed by atoms with van der Waals surface area (Å²) in [5.74, 6) is 1.41. The first-order valence-corrected chi connectivity index (χ1v) is 8.84. The van der Waals surface area contributed by atoms with Gasteiger partial charge >= 0.3 is 0 Å². The van der Waals surface area contributed by atoms with Crippen molar-refractivity contribution in [3.8, 4) is 5.75 Å². The van der Waals surface area contributed by atoms with E-state index < -0.39 is 0 Å². The summed E-state index contributed by atoms with van der Waals surface area (Å²) in [7, 11) is 0. The van der Waals surface area contributed by atoms with E-state index in [9.17, 15) is 0 Å². The van der Waals surface area contributed by atoms with Crippen LogP contribution >= 0.6 is 0 Å². The highest BCUT2D eigenvalue weighted by Crippen LogP contribution is 2.31. The number of nitrogens with one attached hydrogen (secondary N) is 1. The number of anilines is 1. The van der Waals surface area contributed by atoms with Crippen LogP contribution < -0.4 is 15.0 Å². The lowest BCUT2D eigenvalue weighted by atomic mass is 10.0. The van der Waals surface area contributed by atoms with Crippen LogP contribution in [0.1, 0.15) is 30.7 Å². The fourth-order valence-corrected chi connectivity index (χ4v) is 3.64. The topological polar surface area (TPSA) is 50.3 Å². The molecule has 5 heteroatoms. The molecule has 4 heterocycles. The minimum absolute atomic E-state index is 0.482. The first-order valence-electron chi connectivity index (χ1n) is 8.84. The Kier molecular flexibility index (Phi) is 4.60. The van der Waals surface area contributed by atoms with Crippen molar-refractivity contribution in [3.63, 3.8) is 0 Å². The molecule has 0 aromatic carbocycles. The fraction of sp³-hybridized carbons (Fsp3) is 0.474. The van der Waals surface area contributed by atoms with E-state index in [0.717, 1.165) is 44.1 Å². The molecule has 0 radical (unpaired) electrons. The van der Waals surface area contributed by atoms with Gasteiger partial charge in [-0.15, -0.1) is 0 Å². The second kappa shape index (κ2) is 7.18. The van der Waals surface area contributed by atoms with Gasteiger partial charge < -0.3 is 15.0 Å². The molecule has 0 spiro atoms. The van der Waals surface area contributed by atoms with Gasteiger partial charge in [0.1, 0.15) is 12.4 Å². The Hall–Kier alpha value is -2.14. The molecule has 0 aliphatic carbocycles. The molecular formula is C19H24N4O. The molecule has 2 atom stereocenters. The molecule has 1 unspecified atom stereocenters. The van der Waals surface area contributed by atoms with Crippen molar-refractivity contribution in [2.24, 2.45) is 0 Å². The van der Waals surface area contributed by atoms with E-state index in [1.54, 1.807) is 0 Å². The number of nitrogens with zero attached hydrogens (tertiary/aromatic N) is 3.